The second kappa shape index (κ2) is 8.78. The van der Waals surface area contributed by atoms with Crippen molar-refractivity contribution < 1.29 is 18.0 Å². The van der Waals surface area contributed by atoms with Gasteiger partial charge in [0.1, 0.15) is 6.04 Å². The van der Waals surface area contributed by atoms with Crippen LogP contribution in [0.4, 0.5) is 0 Å². The van der Waals surface area contributed by atoms with Gasteiger partial charge in [-0.1, -0.05) is 36.4 Å². The van der Waals surface area contributed by atoms with Crippen LogP contribution in [0, 0.1) is 13.8 Å². The van der Waals surface area contributed by atoms with Crippen molar-refractivity contribution in [3.8, 4) is 0 Å². The molecule has 0 aromatic heterocycles. The smallest absolute Gasteiger partial charge is 0.267 e. The molecule has 1 aliphatic heterocycles. The van der Waals surface area contributed by atoms with E-state index in [0.717, 1.165) is 28.3 Å². The minimum Gasteiger partial charge on any atom is -0.354 e. The first-order valence-electron chi connectivity index (χ1n) is 9.77. The lowest BCUT2D eigenvalue weighted by molar-refractivity contribution is -0.130. The molecule has 2 aromatic carbocycles. The van der Waals surface area contributed by atoms with E-state index in [4.69, 9.17) is 0 Å². The normalized spacial score (nSPS) is 16.8. The third-order valence-corrected chi connectivity index (χ3v) is 7.11. The van der Waals surface area contributed by atoms with Crippen LogP contribution in [0.2, 0.25) is 0 Å². The van der Waals surface area contributed by atoms with E-state index in [2.05, 4.69) is 5.32 Å². The fourth-order valence-electron chi connectivity index (χ4n) is 3.46. The Morgan fingerprint density at radius 2 is 1.83 bits per heavy atom. The maximum absolute atomic E-state index is 13.1. The van der Waals surface area contributed by atoms with E-state index in [-0.39, 0.29) is 17.7 Å². The first-order chi connectivity index (χ1) is 13.8. The van der Waals surface area contributed by atoms with Gasteiger partial charge in [-0.25, -0.2) is 12.7 Å². The summed E-state index contributed by atoms with van der Waals surface area (Å²) < 4.78 is 26.9. The second-order valence-corrected chi connectivity index (χ2v) is 9.19. The summed E-state index contributed by atoms with van der Waals surface area (Å²) in [6.45, 7) is 4.13. The Balaban J connectivity index is 1.67. The Hall–Kier alpha value is -2.67. The highest BCUT2D eigenvalue weighted by Crippen LogP contribution is 2.28. The molecule has 0 aliphatic carbocycles. The average Bonchev–Trinajstić information content (AvgIpc) is 3.10. The van der Waals surface area contributed by atoms with Crippen molar-refractivity contribution in [3.05, 3.63) is 65.2 Å². The lowest BCUT2D eigenvalue weighted by atomic mass is 10.1. The molecule has 3 rings (SSSR count). The summed E-state index contributed by atoms with van der Waals surface area (Å²) in [6.07, 6.45) is 1.80. The number of nitrogens with zero attached hydrogens (tertiary/aromatic N) is 1. The number of carbonyl (C=O) groups excluding carboxylic acids is 2. The van der Waals surface area contributed by atoms with E-state index in [1.807, 2.05) is 44.2 Å². The summed E-state index contributed by atoms with van der Waals surface area (Å²) >= 11 is 0. The molecule has 0 saturated carbocycles. The van der Waals surface area contributed by atoms with E-state index in [0.29, 0.717) is 6.54 Å². The van der Waals surface area contributed by atoms with Crippen LogP contribution in [0.15, 0.2) is 53.4 Å². The predicted octanol–water partition coefficient (Wildman–Crippen LogP) is 2.73. The molecule has 1 fully saturated rings. The highest BCUT2D eigenvalue weighted by atomic mass is 32.2. The number of carbonyl (C=O) groups is 2. The second-order valence-electron chi connectivity index (χ2n) is 7.38. The van der Waals surface area contributed by atoms with Crippen LogP contribution in [0.1, 0.15) is 36.0 Å². The number of benzene rings is 2. The van der Waals surface area contributed by atoms with Crippen molar-refractivity contribution in [2.75, 3.05) is 6.54 Å². The molecule has 0 spiro atoms. The minimum atomic E-state index is -4.07. The monoisotopic (exact) mass is 414 g/mol. The fourth-order valence-corrected chi connectivity index (χ4v) is 5.14. The van der Waals surface area contributed by atoms with Gasteiger partial charge in [0.2, 0.25) is 11.8 Å². The number of hydrogen-bond donors (Lipinski definition) is 1. The molecule has 1 atom stereocenters. The van der Waals surface area contributed by atoms with E-state index < -0.39 is 27.9 Å². The first kappa shape index (κ1) is 21.0. The Bertz CT molecular complexity index is 1000. The molecular weight excluding hydrogens is 388 g/mol. The maximum Gasteiger partial charge on any atom is 0.267 e. The summed E-state index contributed by atoms with van der Waals surface area (Å²) in [7, 11) is -4.07. The lowest BCUT2D eigenvalue weighted by Gasteiger charge is -2.24. The van der Waals surface area contributed by atoms with Gasteiger partial charge in [-0.15, -0.1) is 0 Å². The van der Waals surface area contributed by atoms with Crippen molar-refractivity contribution in [1.29, 1.82) is 0 Å². The summed E-state index contributed by atoms with van der Waals surface area (Å²) in [6, 6.07) is 13.7. The SMILES string of the molecule is Cc1ccc(S(=O)(=O)N2C(=O)CC[C@H]2C(=O)NCCCc2ccccc2)cc1C. The zero-order valence-electron chi connectivity index (χ0n) is 16.7. The molecule has 1 N–H and O–H groups in total. The van der Waals surface area contributed by atoms with Crippen LogP contribution in [-0.4, -0.2) is 37.1 Å². The highest BCUT2D eigenvalue weighted by Gasteiger charge is 2.44. The molecule has 0 radical (unpaired) electrons. The Labute approximate surface area is 172 Å². The number of aryl methyl sites for hydroxylation is 3. The van der Waals surface area contributed by atoms with E-state index in [1.54, 1.807) is 12.1 Å². The Morgan fingerprint density at radius 1 is 1.10 bits per heavy atom. The van der Waals surface area contributed by atoms with Crippen molar-refractivity contribution in [3.63, 3.8) is 0 Å². The van der Waals surface area contributed by atoms with Gasteiger partial charge in [0.25, 0.3) is 10.0 Å². The van der Waals surface area contributed by atoms with Gasteiger partial charge < -0.3 is 5.32 Å². The molecule has 0 unspecified atom stereocenters. The summed E-state index contributed by atoms with van der Waals surface area (Å²) in [4.78, 5) is 25.0. The van der Waals surface area contributed by atoms with Gasteiger partial charge in [-0.2, -0.15) is 0 Å². The van der Waals surface area contributed by atoms with Crippen LogP contribution in [0.3, 0.4) is 0 Å². The van der Waals surface area contributed by atoms with Crippen molar-refractivity contribution in [2.24, 2.45) is 0 Å². The van der Waals surface area contributed by atoms with Crippen molar-refractivity contribution in [2.45, 2.75) is 50.5 Å². The molecule has 29 heavy (non-hydrogen) atoms. The molecule has 0 bridgehead atoms. The number of amides is 2. The Kier molecular flexibility index (Phi) is 6.37. The first-order valence-corrected chi connectivity index (χ1v) is 11.2. The largest absolute Gasteiger partial charge is 0.354 e. The zero-order chi connectivity index (χ0) is 21.0. The van der Waals surface area contributed by atoms with Gasteiger partial charge in [-0.3, -0.25) is 9.59 Å². The van der Waals surface area contributed by atoms with E-state index in [9.17, 15) is 18.0 Å². The summed E-state index contributed by atoms with van der Waals surface area (Å²) in [5, 5.41) is 2.79. The van der Waals surface area contributed by atoms with Crippen LogP contribution in [0.5, 0.6) is 0 Å². The molecule has 1 heterocycles. The quantitative estimate of drug-likeness (QED) is 0.706. The zero-order valence-corrected chi connectivity index (χ0v) is 17.5. The van der Waals surface area contributed by atoms with Crippen LogP contribution >= 0.6 is 0 Å². The predicted molar refractivity (Wildman–Crippen MR) is 111 cm³/mol. The van der Waals surface area contributed by atoms with Crippen molar-refractivity contribution in [1.82, 2.24) is 9.62 Å². The summed E-state index contributed by atoms with van der Waals surface area (Å²) in [5.41, 5.74) is 2.96. The molecule has 2 aromatic rings. The van der Waals surface area contributed by atoms with Gasteiger partial charge >= 0.3 is 0 Å². The molecule has 6 nitrogen and oxygen atoms in total. The van der Waals surface area contributed by atoms with Gasteiger partial charge in [-0.05, 0) is 61.9 Å². The van der Waals surface area contributed by atoms with Crippen LogP contribution < -0.4 is 5.32 Å². The average molecular weight is 415 g/mol. The van der Waals surface area contributed by atoms with Gasteiger partial charge in [0.15, 0.2) is 0 Å². The fraction of sp³-hybridized carbons (Fsp3) is 0.364. The molecule has 2 amide bonds. The maximum atomic E-state index is 13.1. The number of nitrogens with one attached hydrogen (secondary N) is 1. The topological polar surface area (TPSA) is 83.6 Å². The molecular formula is C22H26N2O4S. The van der Waals surface area contributed by atoms with Gasteiger partial charge in [0.05, 0.1) is 4.90 Å². The molecule has 1 saturated heterocycles. The van der Waals surface area contributed by atoms with E-state index in [1.165, 1.54) is 11.6 Å². The molecule has 1 aliphatic rings. The minimum absolute atomic E-state index is 0.0396. The number of rotatable bonds is 7. The third-order valence-electron chi connectivity index (χ3n) is 5.28. The van der Waals surface area contributed by atoms with Crippen LogP contribution in [0.25, 0.3) is 0 Å². The Morgan fingerprint density at radius 3 is 2.52 bits per heavy atom. The number of hydrogen-bond acceptors (Lipinski definition) is 4. The highest BCUT2D eigenvalue weighted by molar-refractivity contribution is 7.89. The standard InChI is InChI=1S/C22H26N2O4S/c1-16-10-11-19(15-17(16)2)29(27,28)24-20(12-13-21(24)25)22(26)23-14-6-9-18-7-4-3-5-8-18/h3-5,7-8,10-11,15,20H,6,9,12-14H2,1-2H3,(H,23,26)/t20-/m0/s1. The van der Waals surface area contributed by atoms with Crippen LogP contribution in [-0.2, 0) is 26.0 Å². The van der Waals surface area contributed by atoms with E-state index >= 15 is 0 Å². The van der Waals surface area contributed by atoms with Gasteiger partial charge in [0, 0.05) is 13.0 Å². The van der Waals surface area contributed by atoms with Crippen molar-refractivity contribution >= 4 is 21.8 Å². The number of sulfonamides is 1. The molecule has 154 valence electrons. The molecule has 7 heteroatoms. The third kappa shape index (κ3) is 4.67. The summed E-state index contributed by atoms with van der Waals surface area (Å²) in [5.74, 6) is -0.955. The lowest BCUT2D eigenvalue weighted by Crippen LogP contribution is -2.47.